The minimum absolute atomic E-state index is 0.00603. The van der Waals surface area contributed by atoms with E-state index in [4.69, 9.17) is 14.2 Å². The summed E-state index contributed by atoms with van der Waals surface area (Å²) in [4.78, 5) is 4.54. The van der Waals surface area contributed by atoms with Crippen LogP contribution in [0.15, 0.2) is 67.0 Å². The average Bonchev–Trinajstić information content (AvgIpc) is 3.37. The van der Waals surface area contributed by atoms with Crippen molar-refractivity contribution < 1.29 is 14.2 Å². The number of hydrogen-bond donors (Lipinski definition) is 0. The van der Waals surface area contributed by atoms with Gasteiger partial charge in [0.15, 0.2) is 0 Å². The quantitative estimate of drug-likeness (QED) is 0.654. The highest BCUT2D eigenvalue weighted by Gasteiger charge is 2.17. The fourth-order valence-corrected chi connectivity index (χ4v) is 3.03. The van der Waals surface area contributed by atoms with Gasteiger partial charge in [-0.15, -0.1) is 0 Å². The fourth-order valence-electron chi connectivity index (χ4n) is 3.03. The van der Waals surface area contributed by atoms with Crippen molar-refractivity contribution >= 4 is 0 Å². The zero-order valence-electron chi connectivity index (χ0n) is 14.6. The standard InChI is InChI=1S/C21H22N2O3/c1-2-5-17(6-3-1)9-11-23-12-10-22-21(23)18-7-4-8-19(13-18)25-15-20-14-24-16-26-20/h1-8,10,12-13,20H,9,11,14-16H2. The Hall–Kier alpha value is -2.63. The van der Waals surface area contributed by atoms with E-state index in [0.29, 0.717) is 20.0 Å². The molecule has 1 saturated heterocycles. The number of rotatable bonds is 7. The Kier molecular flexibility index (Phi) is 5.28. The van der Waals surface area contributed by atoms with E-state index in [9.17, 15) is 0 Å². The second-order valence-corrected chi connectivity index (χ2v) is 6.30. The van der Waals surface area contributed by atoms with Gasteiger partial charge in [0, 0.05) is 24.5 Å². The van der Waals surface area contributed by atoms with Crippen LogP contribution in [0.25, 0.3) is 11.4 Å². The molecule has 1 aliphatic heterocycles. The van der Waals surface area contributed by atoms with Crippen LogP contribution in [0.2, 0.25) is 0 Å². The molecular formula is C21H22N2O3. The van der Waals surface area contributed by atoms with Gasteiger partial charge in [0.1, 0.15) is 31.1 Å². The molecule has 0 radical (unpaired) electrons. The van der Waals surface area contributed by atoms with Crippen molar-refractivity contribution in [1.82, 2.24) is 9.55 Å². The van der Waals surface area contributed by atoms with E-state index in [0.717, 1.165) is 30.1 Å². The maximum atomic E-state index is 5.86. The lowest BCUT2D eigenvalue weighted by atomic mass is 10.1. The summed E-state index contributed by atoms with van der Waals surface area (Å²) >= 11 is 0. The Morgan fingerprint density at radius 3 is 2.88 bits per heavy atom. The van der Waals surface area contributed by atoms with Crippen LogP contribution in [0, 0.1) is 0 Å². The predicted octanol–water partition coefficient (Wildman–Crippen LogP) is 3.54. The van der Waals surface area contributed by atoms with Crippen LogP contribution in [0.3, 0.4) is 0 Å². The minimum Gasteiger partial charge on any atom is -0.491 e. The third-order valence-electron chi connectivity index (χ3n) is 4.42. The second-order valence-electron chi connectivity index (χ2n) is 6.30. The topological polar surface area (TPSA) is 45.5 Å². The molecule has 0 N–H and O–H groups in total. The number of aryl methyl sites for hydroxylation is 2. The summed E-state index contributed by atoms with van der Waals surface area (Å²) < 4.78 is 18.6. The highest BCUT2D eigenvalue weighted by atomic mass is 16.7. The molecule has 0 bridgehead atoms. The van der Waals surface area contributed by atoms with Crippen LogP contribution in [-0.4, -0.2) is 35.7 Å². The molecule has 5 nitrogen and oxygen atoms in total. The molecule has 134 valence electrons. The smallest absolute Gasteiger partial charge is 0.147 e. The van der Waals surface area contributed by atoms with Gasteiger partial charge in [0.25, 0.3) is 0 Å². The zero-order chi connectivity index (χ0) is 17.6. The normalized spacial score (nSPS) is 16.7. The van der Waals surface area contributed by atoms with Crippen molar-refractivity contribution in [3.8, 4) is 17.1 Å². The molecule has 2 heterocycles. The molecule has 26 heavy (non-hydrogen) atoms. The molecule has 1 fully saturated rings. The summed E-state index contributed by atoms with van der Waals surface area (Å²) in [6.45, 7) is 2.32. The SMILES string of the molecule is c1ccc(CCn2ccnc2-c2cccc(OCC3COCO3)c2)cc1. The van der Waals surface area contributed by atoms with Gasteiger partial charge in [0.05, 0.1) is 6.61 Å². The van der Waals surface area contributed by atoms with E-state index in [-0.39, 0.29) is 6.10 Å². The van der Waals surface area contributed by atoms with Crippen LogP contribution in [0.1, 0.15) is 5.56 Å². The molecule has 1 aliphatic rings. The van der Waals surface area contributed by atoms with Crippen molar-refractivity contribution in [3.05, 3.63) is 72.6 Å². The Morgan fingerprint density at radius 2 is 2.04 bits per heavy atom. The molecule has 0 aliphatic carbocycles. The van der Waals surface area contributed by atoms with Crippen molar-refractivity contribution in [2.24, 2.45) is 0 Å². The first-order valence-corrected chi connectivity index (χ1v) is 8.86. The van der Waals surface area contributed by atoms with E-state index in [1.165, 1.54) is 5.56 Å². The van der Waals surface area contributed by atoms with Crippen molar-refractivity contribution in [2.45, 2.75) is 19.1 Å². The Labute approximate surface area is 153 Å². The lowest BCUT2D eigenvalue weighted by molar-refractivity contribution is 0.0320. The number of imidazole rings is 1. The van der Waals surface area contributed by atoms with Crippen molar-refractivity contribution in [1.29, 1.82) is 0 Å². The van der Waals surface area contributed by atoms with Gasteiger partial charge < -0.3 is 18.8 Å². The monoisotopic (exact) mass is 350 g/mol. The van der Waals surface area contributed by atoms with E-state index in [2.05, 4.69) is 39.9 Å². The Balaban J connectivity index is 1.44. The first-order chi connectivity index (χ1) is 12.9. The maximum absolute atomic E-state index is 5.86. The second kappa shape index (κ2) is 8.17. The van der Waals surface area contributed by atoms with Gasteiger partial charge in [-0.1, -0.05) is 42.5 Å². The molecule has 0 amide bonds. The predicted molar refractivity (Wildman–Crippen MR) is 99.0 cm³/mol. The summed E-state index contributed by atoms with van der Waals surface area (Å²) in [5.74, 6) is 1.77. The Bertz CT molecular complexity index is 826. The molecule has 3 aromatic rings. The van der Waals surface area contributed by atoms with Gasteiger partial charge in [-0.2, -0.15) is 0 Å². The van der Waals surface area contributed by atoms with Gasteiger partial charge in [-0.25, -0.2) is 4.98 Å². The highest BCUT2D eigenvalue weighted by molar-refractivity contribution is 5.58. The number of ether oxygens (including phenoxy) is 3. The zero-order valence-corrected chi connectivity index (χ0v) is 14.6. The molecule has 1 unspecified atom stereocenters. The first-order valence-electron chi connectivity index (χ1n) is 8.86. The van der Waals surface area contributed by atoms with Gasteiger partial charge in [-0.3, -0.25) is 0 Å². The number of benzene rings is 2. The lowest BCUT2D eigenvalue weighted by Gasteiger charge is -2.12. The van der Waals surface area contributed by atoms with E-state index >= 15 is 0 Å². The molecule has 0 saturated carbocycles. The number of nitrogens with zero attached hydrogens (tertiary/aromatic N) is 2. The fraction of sp³-hybridized carbons (Fsp3) is 0.286. The van der Waals surface area contributed by atoms with E-state index in [1.54, 1.807) is 0 Å². The summed E-state index contributed by atoms with van der Waals surface area (Å²) in [7, 11) is 0. The van der Waals surface area contributed by atoms with Crippen LogP contribution in [-0.2, 0) is 22.4 Å². The molecule has 4 rings (SSSR count). The third-order valence-corrected chi connectivity index (χ3v) is 4.42. The van der Waals surface area contributed by atoms with Crippen molar-refractivity contribution in [2.75, 3.05) is 20.0 Å². The van der Waals surface area contributed by atoms with Gasteiger partial charge in [0.2, 0.25) is 0 Å². The highest BCUT2D eigenvalue weighted by Crippen LogP contribution is 2.23. The number of hydrogen-bond acceptors (Lipinski definition) is 4. The first kappa shape index (κ1) is 16.8. The molecule has 0 spiro atoms. The minimum atomic E-state index is 0.00603. The molecule has 2 aromatic carbocycles. The van der Waals surface area contributed by atoms with Crippen LogP contribution < -0.4 is 4.74 Å². The van der Waals surface area contributed by atoms with Crippen LogP contribution in [0.5, 0.6) is 5.75 Å². The third kappa shape index (κ3) is 4.12. The van der Waals surface area contributed by atoms with Gasteiger partial charge in [-0.05, 0) is 24.1 Å². The average molecular weight is 350 g/mol. The Morgan fingerprint density at radius 1 is 1.12 bits per heavy atom. The van der Waals surface area contributed by atoms with Crippen molar-refractivity contribution in [3.63, 3.8) is 0 Å². The molecule has 1 aromatic heterocycles. The van der Waals surface area contributed by atoms with Crippen LogP contribution in [0.4, 0.5) is 0 Å². The summed E-state index contributed by atoms with van der Waals surface area (Å²) in [5, 5.41) is 0. The summed E-state index contributed by atoms with van der Waals surface area (Å²) in [6.07, 6.45) is 4.85. The largest absolute Gasteiger partial charge is 0.491 e. The van der Waals surface area contributed by atoms with Crippen LogP contribution >= 0.6 is 0 Å². The number of aromatic nitrogens is 2. The summed E-state index contributed by atoms with van der Waals surface area (Å²) in [5.41, 5.74) is 2.37. The maximum Gasteiger partial charge on any atom is 0.147 e. The molecular weight excluding hydrogens is 328 g/mol. The van der Waals surface area contributed by atoms with E-state index < -0.39 is 0 Å². The van der Waals surface area contributed by atoms with Gasteiger partial charge >= 0.3 is 0 Å². The lowest BCUT2D eigenvalue weighted by Crippen LogP contribution is -2.19. The molecule has 1 atom stereocenters. The van der Waals surface area contributed by atoms with E-state index in [1.807, 2.05) is 36.7 Å². The summed E-state index contributed by atoms with van der Waals surface area (Å²) in [6, 6.07) is 18.5. The molecule has 5 heteroatoms.